The van der Waals surface area contributed by atoms with Crippen molar-refractivity contribution in [2.24, 2.45) is 0 Å². The summed E-state index contributed by atoms with van der Waals surface area (Å²) < 4.78 is 4.80. The molecule has 0 bridgehead atoms. The Labute approximate surface area is 369 Å². The molecule has 13 rings (SSSR count). The molecule has 3 heterocycles. The van der Waals surface area contributed by atoms with Crippen LogP contribution >= 0.6 is 0 Å². The molecular weight excluding hydrogens is 777 g/mol. The summed E-state index contributed by atoms with van der Waals surface area (Å²) >= 11 is 0. The quantitative estimate of drug-likeness (QED) is 0.157. The molecule has 0 saturated heterocycles. The number of aromatic nitrogens is 4. The maximum Gasteiger partial charge on any atom is 0.160 e. The number of para-hydroxylation sites is 3. The molecular formula is C60H38N4. The molecule has 0 atom stereocenters. The Balaban J connectivity index is 1.01. The van der Waals surface area contributed by atoms with E-state index in [0.717, 1.165) is 60.9 Å². The minimum absolute atomic E-state index is 0.691. The minimum atomic E-state index is 0.691. The molecule has 0 N–H and O–H groups in total. The maximum absolute atomic E-state index is 5.41. The van der Waals surface area contributed by atoms with Crippen LogP contribution in [0, 0.1) is 0 Å². The molecule has 0 unspecified atom stereocenters. The normalized spacial score (nSPS) is 11.8. The second kappa shape index (κ2) is 14.5. The lowest BCUT2D eigenvalue weighted by atomic mass is 9.95. The van der Waals surface area contributed by atoms with Crippen LogP contribution < -0.4 is 0 Å². The first kappa shape index (κ1) is 36.1. The fourth-order valence-corrected chi connectivity index (χ4v) is 10.1. The number of benzene rings is 10. The van der Waals surface area contributed by atoms with Gasteiger partial charge in [-0.2, -0.15) is 0 Å². The molecule has 4 heteroatoms. The predicted molar refractivity (Wildman–Crippen MR) is 267 cm³/mol. The topological polar surface area (TPSA) is 35.6 Å². The molecule has 64 heavy (non-hydrogen) atoms. The Bertz CT molecular complexity index is 3940. The molecule has 13 aromatic rings. The highest BCUT2D eigenvalue weighted by Crippen LogP contribution is 2.44. The molecule has 0 fully saturated rings. The average Bonchev–Trinajstić information content (AvgIpc) is 3.90. The van der Waals surface area contributed by atoms with Gasteiger partial charge in [-0.15, -0.1) is 0 Å². The van der Waals surface area contributed by atoms with E-state index in [1.807, 2.05) is 0 Å². The van der Waals surface area contributed by atoms with Crippen molar-refractivity contribution in [1.29, 1.82) is 0 Å². The van der Waals surface area contributed by atoms with Gasteiger partial charge in [-0.1, -0.05) is 176 Å². The zero-order chi connectivity index (χ0) is 42.1. The van der Waals surface area contributed by atoms with E-state index < -0.39 is 0 Å². The summed E-state index contributed by atoms with van der Waals surface area (Å²) in [5.41, 5.74) is 15.5. The Morgan fingerprint density at radius 2 is 0.797 bits per heavy atom. The second-order valence-electron chi connectivity index (χ2n) is 16.5. The largest absolute Gasteiger partial charge is 0.309 e. The van der Waals surface area contributed by atoms with Gasteiger partial charge in [0.05, 0.1) is 33.3 Å². The van der Waals surface area contributed by atoms with Crippen LogP contribution in [0.3, 0.4) is 0 Å². The monoisotopic (exact) mass is 814 g/mol. The average molecular weight is 815 g/mol. The zero-order valence-corrected chi connectivity index (χ0v) is 34.7. The fourth-order valence-electron chi connectivity index (χ4n) is 10.1. The maximum atomic E-state index is 5.41. The van der Waals surface area contributed by atoms with Crippen LogP contribution in [0.4, 0.5) is 0 Å². The van der Waals surface area contributed by atoms with E-state index in [1.54, 1.807) is 0 Å². The third-order valence-corrected chi connectivity index (χ3v) is 12.9. The molecule has 0 saturated carbocycles. The van der Waals surface area contributed by atoms with Gasteiger partial charge in [0.1, 0.15) is 0 Å². The van der Waals surface area contributed by atoms with Crippen LogP contribution in [-0.4, -0.2) is 19.1 Å². The lowest BCUT2D eigenvalue weighted by Crippen LogP contribution is -1.98. The molecule has 0 spiro atoms. The summed E-state index contributed by atoms with van der Waals surface area (Å²) in [5, 5.41) is 8.21. The van der Waals surface area contributed by atoms with Crippen molar-refractivity contribution < 1.29 is 0 Å². The van der Waals surface area contributed by atoms with E-state index in [1.165, 1.54) is 54.8 Å². The van der Waals surface area contributed by atoms with Crippen molar-refractivity contribution in [2.45, 2.75) is 0 Å². The lowest BCUT2D eigenvalue weighted by Gasteiger charge is -2.14. The van der Waals surface area contributed by atoms with Gasteiger partial charge < -0.3 is 9.13 Å². The minimum Gasteiger partial charge on any atom is -0.309 e. The van der Waals surface area contributed by atoms with Crippen molar-refractivity contribution in [2.75, 3.05) is 0 Å². The lowest BCUT2D eigenvalue weighted by molar-refractivity contribution is 1.17. The third-order valence-electron chi connectivity index (χ3n) is 12.9. The summed E-state index contributed by atoms with van der Waals surface area (Å²) in [6.07, 6.45) is 0. The van der Waals surface area contributed by atoms with Gasteiger partial charge in [0.15, 0.2) is 5.82 Å². The first-order chi connectivity index (χ1) is 31.8. The molecule has 4 nitrogen and oxygen atoms in total. The number of fused-ring (bicyclic) bond motifs is 9. The van der Waals surface area contributed by atoms with Crippen molar-refractivity contribution in [3.63, 3.8) is 0 Å². The first-order valence-electron chi connectivity index (χ1n) is 21.8. The van der Waals surface area contributed by atoms with Crippen LogP contribution in [-0.2, 0) is 0 Å². The van der Waals surface area contributed by atoms with Gasteiger partial charge in [-0.25, -0.2) is 9.97 Å². The van der Waals surface area contributed by atoms with Crippen LogP contribution in [0.15, 0.2) is 231 Å². The van der Waals surface area contributed by atoms with Crippen molar-refractivity contribution in [3.05, 3.63) is 231 Å². The number of hydrogen-bond acceptors (Lipinski definition) is 2. The highest BCUT2D eigenvalue weighted by Gasteiger charge is 2.21. The summed E-state index contributed by atoms with van der Waals surface area (Å²) in [5.74, 6) is 0.691. The summed E-state index contributed by atoms with van der Waals surface area (Å²) in [7, 11) is 0. The van der Waals surface area contributed by atoms with E-state index in [4.69, 9.17) is 9.97 Å². The van der Waals surface area contributed by atoms with Gasteiger partial charge in [0.2, 0.25) is 0 Å². The summed E-state index contributed by atoms with van der Waals surface area (Å²) in [6, 6.07) is 82.7. The number of nitrogens with zero attached hydrogens (tertiary/aromatic N) is 4. The van der Waals surface area contributed by atoms with E-state index in [2.05, 4.69) is 240 Å². The Morgan fingerprint density at radius 1 is 0.297 bits per heavy atom. The standard InChI is InChI=1S/C60H38N4/c1-3-16-39(17-4-1)40-32-34-42(35-33-40)58-51-37-36-41-18-7-8-23-46(41)59(51)62-60(61-58)43-19-13-22-45(38-43)64-53-29-12-10-25-50(53)57-48(27-15-31-55(57)64)47-26-14-30-54-56(47)49-24-9-11-28-52(49)63(54)44-20-5-2-6-21-44/h1-38H. The van der Waals surface area contributed by atoms with Crippen molar-refractivity contribution in [1.82, 2.24) is 19.1 Å². The SMILES string of the molecule is c1ccc(-c2ccc(-c3nc(-c4cccc(-n5c6ccccc6c6c(-c7cccc8c7c7ccccc7n8-c7ccccc7)cccc65)c4)nc4c3ccc3ccccc34)cc2)cc1. The fraction of sp³-hybridized carbons (Fsp3) is 0. The third kappa shape index (κ3) is 5.63. The predicted octanol–water partition coefficient (Wildman–Crippen LogP) is 15.6. The summed E-state index contributed by atoms with van der Waals surface area (Å²) in [4.78, 5) is 10.8. The van der Waals surface area contributed by atoms with Crippen LogP contribution in [0.2, 0.25) is 0 Å². The van der Waals surface area contributed by atoms with Gasteiger partial charge >= 0.3 is 0 Å². The molecule has 0 aliphatic rings. The van der Waals surface area contributed by atoms with E-state index in [0.29, 0.717) is 5.82 Å². The zero-order valence-electron chi connectivity index (χ0n) is 34.7. The molecule has 0 radical (unpaired) electrons. The molecule has 3 aromatic heterocycles. The second-order valence-corrected chi connectivity index (χ2v) is 16.5. The smallest absolute Gasteiger partial charge is 0.160 e. The molecule has 0 aliphatic carbocycles. The molecule has 298 valence electrons. The van der Waals surface area contributed by atoms with Crippen molar-refractivity contribution in [3.8, 4) is 56.3 Å². The van der Waals surface area contributed by atoms with Gasteiger partial charge in [0.25, 0.3) is 0 Å². The van der Waals surface area contributed by atoms with Crippen LogP contribution in [0.1, 0.15) is 0 Å². The van der Waals surface area contributed by atoms with Crippen LogP contribution in [0.5, 0.6) is 0 Å². The highest BCUT2D eigenvalue weighted by atomic mass is 15.0. The number of rotatable bonds is 6. The van der Waals surface area contributed by atoms with Gasteiger partial charge in [0, 0.05) is 54.8 Å². The summed E-state index contributed by atoms with van der Waals surface area (Å²) in [6.45, 7) is 0. The molecule has 0 amide bonds. The van der Waals surface area contributed by atoms with Crippen LogP contribution in [0.25, 0.3) is 122 Å². The Hall–Kier alpha value is -8.60. The Kier molecular flexibility index (Phi) is 8.18. The first-order valence-corrected chi connectivity index (χ1v) is 21.8. The molecule has 0 aliphatic heterocycles. The molecule has 10 aromatic carbocycles. The van der Waals surface area contributed by atoms with E-state index in [9.17, 15) is 0 Å². The highest BCUT2D eigenvalue weighted by molar-refractivity contribution is 6.22. The van der Waals surface area contributed by atoms with E-state index >= 15 is 0 Å². The van der Waals surface area contributed by atoms with Crippen molar-refractivity contribution >= 4 is 65.3 Å². The van der Waals surface area contributed by atoms with Gasteiger partial charge in [-0.3, -0.25) is 0 Å². The Morgan fingerprint density at radius 3 is 1.48 bits per heavy atom. The number of hydrogen-bond donors (Lipinski definition) is 0. The van der Waals surface area contributed by atoms with E-state index in [-0.39, 0.29) is 0 Å². The van der Waals surface area contributed by atoms with Gasteiger partial charge in [-0.05, 0) is 82.2 Å².